The first-order chi connectivity index (χ1) is 8.61. The van der Waals surface area contributed by atoms with Crippen LogP contribution in [0.1, 0.15) is 24.6 Å². The number of hydrogen-bond acceptors (Lipinski definition) is 3. The molecule has 4 heteroatoms. The monoisotopic (exact) mass is 247 g/mol. The smallest absolute Gasteiger partial charge is 0.228 e. The quantitative estimate of drug-likeness (QED) is 0.808. The average Bonchev–Trinajstić information content (AvgIpc) is 2.36. The van der Waals surface area contributed by atoms with E-state index in [9.17, 15) is 4.79 Å². The molecule has 1 amide bonds. The standard InChI is InChI=1S/C14H21N3O/c1-4-12-7-5-11-6-8-13(18)17(14(11)15-12)10-9-16(2)3/h5,7H,4,6,8-10H2,1-3H3. The molecule has 0 aromatic carbocycles. The fourth-order valence-electron chi connectivity index (χ4n) is 2.17. The van der Waals surface area contributed by atoms with Gasteiger partial charge in [-0.25, -0.2) is 4.98 Å². The average molecular weight is 247 g/mol. The topological polar surface area (TPSA) is 36.4 Å². The first-order valence-corrected chi connectivity index (χ1v) is 6.55. The van der Waals surface area contributed by atoms with Crippen LogP contribution in [0, 0.1) is 0 Å². The number of aryl methyl sites for hydroxylation is 2. The van der Waals surface area contributed by atoms with Crippen LogP contribution >= 0.6 is 0 Å². The Hall–Kier alpha value is -1.42. The SMILES string of the molecule is CCc1ccc2c(n1)N(CCN(C)C)C(=O)CC2. The molecule has 1 aliphatic rings. The maximum Gasteiger partial charge on any atom is 0.228 e. The molecule has 0 radical (unpaired) electrons. The second-order valence-corrected chi connectivity index (χ2v) is 4.99. The van der Waals surface area contributed by atoms with Crippen LogP contribution in [-0.4, -0.2) is 43.0 Å². The van der Waals surface area contributed by atoms with Gasteiger partial charge in [0.2, 0.25) is 5.91 Å². The molecule has 0 fully saturated rings. The van der Waals surface area contributed by atoms with Gasteiger partial charge in [-0.15, -0.1) is 0 Å². The van der Waals surface area contributed by atoms with E-state index in [1.807, 2.05) is 19.0 Å². The van der Waals surface area contributed by atoms with Gasteiger partial charge in [-0.3, -0.25) is 9.69 Å². The summed E-state index contributed by atoms with van der Waals surface area (Å²) >= 11 is 0. The Bertz CT molecular complexity index is 443. The Morgan fingerprint density at radius 1 is 1.33 bits per heavy atom. The molecule has 98 valence electrons. The molecule has 0 aliphatic carbocycles. The molecular formula is C14H21N3O. The van der Waals surface area contributed by atoms with Crippen LogP contribution in [0.2, 0.25) is 0 Å². The molecule has 0 atom stereocenters. The lowest BCUT2D eigenvalue weighted by Gasteiger charge is -2.29. The van der Waals surface area contributed by atoms with Gasteiger partial charge in [0.05, 0.1) is 0 Å². The predicted octanol–water partition coefficient (Wildman–Crippen LogP) is 1.48. The van der Waals surface area contributed by atoms with Crippen molar-refractivity contribution in [2.45, 2.75) is 26.2 Å². The highest BCUT2D eigenvalue weighted by molar-refractivity contribution is 5.95. The number of anilines is 1. The number of amides is 1. The van der Waals surface area contributed by atoms with Crippen molar-refractivity contribution in [3.63, 3.8) is 0 Å². The molecule has 0 N–H and O–H groups in total. The molecule has 4 nitrogen and oxygen atoms in total. The summed E-state index contributed by atoms with van der Waals surface area (Å²) in [7, 11) is 4.04. The molecule has 18 heavy (non-hydrogen) atoms. The van der Waals surface area contributed by atoms with Crippen LogP contribution in [0.15, 0.2) is 12.1 Å². The van der Waals surface area contributed by atoms with Crippen molar-refractivity contribution < 1.29 is 4.79 Å². The van der Waals surface area contributed by atoms with Gasteiger partial charge in [0.15, 0.2) is 0 Å². The van der Waals surface area contributed by atoms with Gasteiger partial charge in [0.25, 0.3) is 0 Å². The van der Waals surface area contributed by atoms with Crippen LogP contribution in [-0.2, 0) is 17.6 Å². The van der Waals surface area contributed by atoms with Crippen molar-refractivity contribution in [2.75, 3.05) is 32.1 Å². The fraction of sp³-hybridized carbons (Fsp3) is 0.571. The molecule has 0 saturated heterocycles. The van der Waals surface area contributed by atoms with Crippen LogP contribution in [0.4, 0.5) is 5.82 Å². The lowest BCUT2D eigenvalue weighted by molar-refractivity contribution is -0.119. The van der Waals surface area contributed by atoms with E-state index >= 15 is 0 Å². The van der Waals surface area contributed by atoms with Crippen molar-refractivity contribution in [2.24, 2.45) is 0 Å². The second-order valence-electron chi connectivity index (χ2n) is 4.99. The zero-order valence-electron chi connectivity index (χ0n) is 11.4. The van der Waals surface area contributed by atoms with Crippen molar-refractivity contribution in [1.29, 1.82) is 0 Å². The lowest BCUT2D eigenvalue weighted by Crippen LogP contribution is -2.40. The van der Waals surface area contributed by atoms with E-state index in [1.165, 1.54) is 5.56 Å². The summed E-state index contributed by atoms with van der Waals surface area (Å²) in [5, 5.41) is 0. The van der Waals surface area contributed by atoms with Crippen molar-refractivity contribution in [1.82, 2.24) is 9.88 Å². The molecular weight excluding hydrogens is 226 g/mol. The molecule has 0 spiro atoms. The predicted molar refractivity (Wildman–Crippen MR) is 72.8 cm³/mol. The Kier molecular flexibility index (Phi) is 3.97. The number of likely N-dealkylation sites (N-methyl/N-ethyl adjacent to an activating group) is 1. The van der Waals surface area contributed by atoms with E-state index in [4.69, 9.17) is 0 Å². The zero-order valence-corrected chi connectivity index (χ0v) is 11.4. The van der Waals surface area contributed by atoms with Crippen LogP contribution in [0.25, 0.3) is 0 Å². The third kappa shape index (κ3) is 2.70. The minimum absolute atomic E-state index is 0.199. The first kappa shape index (κ1) is 13.0. The number of pyridine rings is 1. The number of aromatic nitrogens is 1. The Balaban J connectivity index is 2.27. The van der Waals surface area contributed by atoms with Gasteiger partial charge in [0.1, 0.15) is 5.82 Å². The molecule has 2 rings (SSSR count). The number of hydrogen-bond donors (Lipinski definition) is 0. The van der Waals surface area contributed by atoms with E-state index in [0.717, 1.165) is 37.4 Å². The maximum absolute atomic E-state index is 12.0. The van der Waals surface area contributed by atoms with Crippen molar-refractivity contribution in [3.05, 3.63) is 23.4 Å². The summed E-state index contributed by atoms with van der Waals surface area (Å²) in [5.41, 5.74) is 2.25. The Morgan fingerprint density at radius 2 is 2.11 bits per heavy atom. The zero-order chi connectivity index (χ0) is 13.1. The molecule has 0 unspecified atom stereocenters. The van der Waals surface area contributed by atoms with E-state index < -0.39 is 0 Å². The van der Waals surface area contributed by atoms with Gasteiger partial charge >= 0.3 is 0 Å². The number of fused-ring (bicyclic) bond motifs is 1. The second kappa shape index (κ2) is 5.48. The Morgan fingerprint density at radius 3 is 2.78 bits per heavy atom. The van der Waals surface area contributed by atoms with Gasteiger partial charge in [0, 0.05) is 25.2 Å². The highest BCUT2D eigenvalue weighted by Gasteiger charge is 2.25. The molecule has 1 aromatic rings. The molecule has 1 aliphatic heterocycles. The van der Waals surface area contributed by atoms with Gasteiger partial charge < -0.3 is 4.90 Å². The minimum atomic E-state index is 0.199. The fourth-order valence-corrected chi connectivity index (χ4v) is 2.17. The molecule has 0 bridgehead atoms. The third-order valence-electron chi connectivity index (χ3n) is 3.31. The lowest BCUT2D eigenvalue weighted by atomic mass is 10.0. The summed E-state index contributed by atoms with van der Waals surface area (Å²) in [4.78, 5) is 20.6. The number of rotatable bonds is 4. The van der Waals surface area contributed by atoms with E-state index in [-0.39, 0.29) is 5.91 Å². The molecule has 0 saturated carbocycles. The Labute approximate surface area is 109 Å². The van der Waals surface area contributed by atoms with Crippen molar-refractivity contribution in [3.8, 4) is 0 Å². The van der Waals surface area contributed by atoms with Crippen LogP contribution in [0.5, 0.6) is 0 Å². The first-order valence-electron chi connectivity index (χ1n) is 6.55. The van der Waals surface area contributed by atoms with Crippen LogP contribution in [0.3, 0.4) is 0 Å². The van der Waals surface area contributed by atoms with E-state index in [1.54, 1.807) is 0 Å². The van der Waals surface area contributed by atoms with E-state index in [0.29, 0.717) is 6.42 Å². The van der Waals surface area contributed by atoms with Gasteiger partial charge in [-0.2, -0.15) is 0 Å². The normalized spacial score (nSPS) is 15.1. The highest BCUT2D eigenvalue weighted by atomic mass is 16.2. The largest absolute Gasteiger partial charge is 0.308 e. The summed E-state index contributed by atoms with van der Waals surface area (Å²) in [6.07, 6.45) is 2.33. The molecule has 2 heterocycles. The summed E-state index contributed by atoms with van der Waals surface area (Å²) in [5.74, 6) is 1.08. The minimum Gasteiger partial charge on any atom is -0.308 e. The maximum atomic E-state index is 12.0. The van der Waals surface area contributed by atoms with Gasteiger partial charge in [-0.1, -0.05) is 13.0 Å². The summed E-state index contributed by atoms with van der Waals surface area (Å²) in [6, 6.07) is 4.19. The molecule has 1 aromatic heterocycles. The van der Waals surface area contributed by atoms with E-state index in [2.05, 4.69) is 28.9 Å². The summed E-state index contributed by atoms with van der Waals surface area (Å²) < 4.78 is 0. The summed E-state index contributed by atoms with van der Waals surface area (Å²) in [6.45, 7) is 3.67. The van der Waals surface area contributed by atoms with Crippen molar-refractivity contribution >= 4 is 11.7 Å². The number of carbonyl (C=O) groups is 1. The van der Waals surface area contributed by atoms with Gasteiger partial charge in [-0.05, 0) is 38.6 Å². The van der Waals surface area contributed by atoms with Crippen LogP contribution < -0.4 is 4.90 Å². The third-order valence-corrected chi connectivity index (χ3v) is 3.31. The number of nitrogens with zero attached hydrogens (tertiary/aromatic N) is 3. The number of carbonyl (C=O) groups excluding carboxylic acids is 1. The highest BCUT2D eigenvalue weighted by Crippen LogP contribution is 2.26.